The number of hydrogen-bond acceptors (Lipinski definition) is 1. The van der Waals surface area contributed by atoms with E-state index in [2.05, 4.69) is 0 Å². The molecule has 45 heavy (non-hydrogen) atoms. The molecule has 1 nitrogen and oxygen atoms in total. The fraction of sp³-hybridized carbons (Fsp3) is 0. The van der Waals surface area contributed by atoms with E-state index in [1.165, 1.54) is 0 Å². The van der Waals surface area contributed by atoms with Crippen molar-refractivity contribution >= 4 is 43.5 Å². The van der Waals surface area contributed by atoms with Crippen LogP contribution in [0, 0.1) is 0 Å². The van der Waals surface area contributed by atoms with Gasteiger partial charge in [0.15, 0.2) is 0 Å². The van der Waals surface area contributed by atoms with Crippen LogP contribution >= 0.6 is 0 Å². The van der Waals surface area contributed by atoms with Crippen LogP contribution in [-0.4, -0.2) is 0 Å². The SMILES string of the molecule is [2H]c1c([2H])c([2H])c(-c2c([2H])c([2H])c(-c3c4c([2H])c([2H])c([2H])c([2H])c4c(-c4c([2H])c([2H])c5oc6c([2H])c([2H])c(-c7c([2H])c([2H])c([2H])c([2H])c7[2H])c([2H])c6c5c4[2H])c4c([2H])c([2H])c([2H])c([2H])c34)c([2H])c2[2H])c([2H])c1[2H]. The minimum absolute atomic E-state index is 0.561. The number of furan rings is 1. The molecule has 1 heteroatoms. The molecular weight excluding hydrogens is 544 g/mol. The van der Waals surface area contributed by atoms with Crippen LogP contribution in [0.15, 0.2) is 174 Å². The molecule has 0 bridgehead atoms. The Hall–Kier alpha value is -5.92. The van der Waals surface area contributed by atoms with Gasteiger partial charge in [0.1, 0.15) is 11.2 Å². The second-order valence-electron chi connectivity index (χ2n) is 9.51. The van der Waals surface area contributed by atoms with Gasteiger partial charge < -0.3 is 4.42 Å². The fourth-order valence-electron chi connectivity index (χ4n) is 5.08. The third-order valence-corrected chi connectivity index (χ3v) is 7.01. The van der Waals surface area contributed by atoms with Crippen LogP contribution in [0.4, 0.5) is 0 Å². The second-order valence-corrected chi connectivity index (χ2v) is 9.51. The highest BCUT2D eigenvalue weighted by atomic mass is 16.3. The van der Waals surface area contributed by atoms with Crippen molar-refractivity contribution in [1.29, 1.82) is 0 Å². The first kappa shape index (κ1) is 10.1. The molecule has 0 atom stereocenters. The quantitative estimate of drug-likeness (QED) is 0.183. The Balaban J connectivity index is 1.54. The molecule has 0 unspecified atom stereocenters. The molecule has 9 aromatic rings. The summed E-state index contributed by atoms with van der Waals surface area (Å²) < 4.78 is 255. The molecule has 0 amide bonds. The zero-order valence-corrected chi connectivity index (χ0v) is 22.4. The van der Waals surface area contributed by atoms with E-state index in [4.69, 9.17) is 29.1 Å². The molecule has 1 heterocycles. The van der Waals surface area contributed by atoms with Gasteiger partial charge in [0, 0.05) is 10.8 Å². The van der Waals surface area contributed by atoms with Crippen molar-refractivity contribution in [3.63, 3.8) is 0 Å². The maximum atomic E-state index is 9.83. The maximum absolute atomic E-state index is 9.83. The van der Waals surface area contributed by atoms with Gasteiger partial charge in [0.2, 0.25) is 0 Å². The first-order chi connectivity index (χ1) is 34.0. The Morgan fingerprint density at radius 2 is 0.644 bits per heavy atom. The van der Waals surface area contributed by atoms with Crippen LogP contribution in [0.25, 0.3) is 88.0 Å². The fourth-order valence-corrected chi connectivity index (χ4v) is 5.08. The van der Waals surface area contributed by atoms with Gasteiger partial charge >= 0.3 is 0 Å². The van der Waals surface area contributed by atoms with E-state index in [-0.39, 0.29) is 0 Å². The lowest BCUT2D eigenvalue weighted by Gasteiger charge is -2.18. The van der Waals surface area contributed by atoms with E-state index in [0.717, 1.165) is 0 Å². The summed E-state index contributed by atoms with van der Waals surface area (Å²) in [5.41, 5.74) is -7.36. The molecule has 0 saturated carbocycles. The predicted octanol–water partition coefficient (Wildman–Crippen LogP) is 12.6. The average Bonchev–Trinajstić information content (AvgIpc) is 3.78. The van der Waals surface area contributed by atoms with Gasteiger partial charge in [-0.1, -0.05) is 145 Å². The minimum atomic E-state index is -1.07. The van der Waals surface area contributed by atoms with Crippen LogP contribution < -0.4 is 0 Å². The van der Waals surface area contributed by atoms with E-state index < -0.39 is 257 Å². The van der Waals surface area contributed by atoms with Crippen LogP contribution in [0.1, 0.15) is 38.4 Å². The molecule has 1 aromatic heterocycles. The van der Waals surface area contributed by atoms with Gasteiger partial charge in [-0.15, -0.1) is 0 Å². The van der Waals surface area contributed by atoms with Crippen LogP contribution in [0.3, 0.4) is 0 Å². The summed E-state index contributed by atoms with van der Waals surface area (Å²) in [6.45, 7) is 0. The van der Waals surface area contributed by atoms with Gasteiger partial charge in [-0.05, 0) is 90.2 Å². The van der Waals surface area contributed by atoms with E-state index in [0.29, 0.717) is 0 Å². The molecule has 8 aromatic carbocycles. The number of rotatable bonds is 4. The highest BCUT2D eigenvalue weighted by Gasteiger charge is 2.18. The van der Waals surface area contributed by atoms with Gasteiger partial charge in [-0.25, -0.2) is 0 Å². The summed E-state index contributed by atoms with van der Waals surface area (Å²) in [7, 11) is 0. The van der Waals surface area contributed by atoms with Crippen molar-refractivity contribution in [2.24, 2.45) is 0 Å². The summed E-state index contributed by atoms with van der Waals surface area (Å²) >= 11 is 0. The predicted molar refractivity (Wildman–Crippen MR) is 190 cm³/mol. The molecule has 210 valence electrons. The first-order valence-corrected chi connectivity index (χ1v) is 13.2. The molecule has 0 aliphatic rings. The normalized spacial score (nSPS) is 20.3. The van der Waals surface area contributed by atoms with E-state index in [1.54, 1.807) is 0 Å². The maximum Gasteiger partial charge on any atom is 0.135 e. The van der Waals surface area contributed by atoms with Crippen molar-refractivity contribution in [1.82, 2.24) is 0 Å². The standard InChI is InChI=1S/C44H28O/c1-3-11-29(12-4-1)31-19-21-32(22-20-31)43-35-15-7-9-17-37(35)44(38-18-10-8-16-36(38)43)34-24-26-42-40(28-34)39-27-33(23-25-41(39)45-42)30-13-5-2-6-14-30/h1-28H/i1D,2D,3D,4D,5D,6D,7D,8D,9D,10D,11D,12D,13D,14D,15D,16D,17D,18D,19D,20D,21D,22D,23D,24D,25D,26D,27D,28D. The summed E-state index contributed by atoms with van der Waals surface area (Å²) in [5.74, 6) is 0. The average molecular weight is 601 g/mol. The largest absolute Gasteiger partial charge is 0.456 e. The van der Waals surface area contributed by atoms with E-state index in [1.807, 2.05) is 0 Å². The number of fused-ring (bicyclic) bond motifs is 5. The Morgan fingerprint density at radius 1 is 0.289 bits per heavy atom. The molecule has 0 aliphatic carbocycles. The highest BCUT2D eigenvalue weighted by molar-refractivity contribution is 6.22. The van der Waals surface area contributed by atoms with Crippen molar-refractivity contribution in [2.75, 3.05) is 0 Å². The Morgan fingerprint density at radius 3 is 1.18 bits per heavy atom. The number of hydrogen-bond donors (Lipinski definition) is 0. The summed E-state index contributed by atoms with van der Waals surface area (Å²) in [6.07, 6.45) is 0. The van der Waals surface area contributed by atoms with Crippen LogP contribution in [0.5, 0.6) is 0 Å². The third-order valence-electron chi connectivity index (χ3n) is 7.01. The molecule has 0 radical (unpaired) electrons. The highest BCUT2D eigenvalue weighted by Crippen LogP contribution is 2.45. The number of benzene rings is 8. The minimum Gasteiger partial charge on any atom is -0.456 e. The zero-order valence-electron chi connectivity index (χ0n) is 50.4. The van der Waals surface area contributed by atoms with Crippen LogP contribution in [0.2, 0.25) is 0 Å². The molecule has 9 rings (SSSR count). The topological polar surface area (TPSA) is 13.1 Å². The zero-order chi connectivity index (χ0) is 54.1. The van der Waals surface area contributed by atoms with Crippen LogP contribution in [-0.2, 0) is 0 Å². The van der Waals surface area contributed by atoms with Gasteiger partial charge in [-0.2, -0.15) is 0 Å². The second kappa shape index (κ2) is 10.4. The monoisotopic (exact) mass is 600 g/mol. The van der Waals surface area contributed by atoms with Crippen molar-refractivity contribution in [3.8, 4) is 44.5 Å². The smallest absolute Gasteiger partial charge is 0.135 e. The molecule has 0 saturated heterocycles. The first-order valence-electron chi connectivity index (χ1n) is 27.2. The molecule has 0 aliphatic heterocycles. The summed E-state index contributed by atoms with van der Waals surface area (Å²) in [4.78, 5) is 0. The molecule has 0 spiro atoms. The van der Waals surface area contributed by atoms with Gasteiger partial charge in [0.05, 0.1) is 38.4 Å². The van der Waals surface area contributed by atoms with Crippen molar-refractivity contribution < 1.29 is 42.8 Å². The summed E-state index contributed by atoms with van der Waals surface area (Å²) in [5, 5.41) is -4.16. The van der Waals surface area contributed by atoms with Crippen molar-refractivity contribution in [2.45, 2.75) is 0 Å². The lowest BCUT2D eigenvalue weighted by atomic mass is 9.85. The molecule has 0 fully saturated rings. The van der Waals surface area contributed by atoms with Gasteiger partial charge in [0.25, 0.3) is 0 Å². The van der Waals surface area contributed by atoms with E-state index >= 15 is 0 Å². The summed E-state index contributed by atoms with van der Waals surface area (Å²) in [6, 6.07) is -26.4. The molecular formula is C44H28O. The van der Waals surface area contributed by atoms with E-state index in [9.17, 15) is 13.7 Å². The van der Waals surface area contributed by atoms with Crippen molar-refractivity contribution in [3.05, 3.63) is 169 Å². The Labute approximate surface area is 301 Å². The lowest BCUT2D eigenvalue weighted by Crippen LogP contribution is -1.91. The van der Waals surface area contributed by atoms with Gasteiger partial charge in [-0.3, -0.25) is 0 Å². The third kappa shape index (κ3) is 4.24. The lowest BCUT2D eigenvalue weighted by molar-refractivity contribution is 0.669. The Bertz CT molecular complexity index is 3950. The molecule has 0 N–H and O–H groups in total. The Kier molecular flexibility index (Phi) is 2.32.